The zero-order valence-electron chi connectivity index (χ0n) is 17.2. The van der Waals surface area contributed by atoms with E-state index >= 15 is 0 Å². The molecule has 0 saturated heterocycles. The average Bonchev–Trinajstić information content (AvgIpc) is 3.30. The fourth-order valence-electron chi connectivity index (χ4n) is 3.87. The summed E-state index contributed by atoms with van der Waals surface area (Å²) in [6, 6.07) is 21.3. The van der Waals surface area contributed by atoms with Crippen LogP contribution >= 0.6 is 11.6 Å². The number of rotatable bonds is 4. The Morgan fingerprint density at radius 1 is 0.938 bits per heavy atom. The molecule has 0 N–H and O–H groups in total. The van der Waals surface area contributed by atoms with Crippen LogP contribution in [-0.4, -0.2) is 43.9 Å². The molecule has 3 heterocycles. The van der Waals surface area contributed by atoms with E-state index in [9.17, 15) is 4.79 Å². The van der Waals surface area contributed by atoms with Crippen molar-refractivity contribution in [3.8, 4) is 16.9 Å². The quantitative estimate of drug-likeness (QED) is 0.451. The number of pyridine rings is 1. The third-order valence-electron chi connectivity index (χ3n) is 5.52. The van der Waals surface area contributed by atoms with E-state index in [-0.39, 0.29) is 5.91 Å². The smallest absolute Gasteiger partial charge is 0.277 e. The van der Waals surface area contributed by atoms with Gasteiger partial charge in [0.25, 0.3) is 5.91 Å². The first kappa shape index (κ1) is 20.2. The minimum atomic E-state index is -0.146. The zero-order chi connectivity index (χ0) is 21.9. The molecule has 0 unspecified atom stereocenters. The van der Waals surface area contributed by atoms with Crippen LogP contribution in [0.25, 0.3) is 22.5 Å². The van der Waals surface area contributed by atoms with Crippen LogP contribution < -0.4 is 0 Å². The lowest BCUT2D eigenvalue weighted by Crippen LogP contribution is -2.35. The van der Waals surface area contributed by atoms with Crippen molar-refractivity contribution in [3.05, 3.63) is 101 Å². The van der Waals surface area contributed by atoms with Gasteiger partial charge < -0.3 is 4.90 Å². The molecule has 1 aliphatic rings. The van der Waals surface area contributed by atoms with Gasteiger partial charge in [0, 0.05) is 36.1 Å². The maximum atomic E-state index is 13.5. The Morgan fingerprint density at radius 2 is 1.72 bits per heavy atom. The number of halogens is 1. The number of carbonyl (C=O) groups excluding carboxylic acids is 1. The molecule has 0 atom stereocenters. The van der Waals surface area contributed by atoms with E-state index in [4.69, 9.17) is 11.6 Å². The van der Waals surface area contributed by atoms with Crippen LogP contribution in [0.4, 0.5) is 0 Å². The third kappa shape index (κ3) is 3.92. The second kappa shape index (κ2) is 8.77. The van der Waals surface area contributed by atoms with Gasteiger partial charge in [0.1, 0.15) is 5.69 Å². The molecule has 0 bridgehead atoms. The fourth-order valence-corrected chi connectivity index (χ4v) is 3.99. The fraction of sp³-hybridized carbons (Fsp3) is 0.120. The van der Waals surface area contributed by atoms with Crippen molar-refractivity contribution >= 4 is 23.1 Å². The highest BCUT2D eigenvalue weighted by Crippen LogP contribution is 2.28. The van der Waals surface area contributed by atoms with Crippen LogP contribution in [0.5, 0.6) is 0 Å². The maximum absolute atomic E-state index is 13.5. The van der Waals surface area contributed by atoms with Crippen LogP contribution in [0.2, 0.25) is 5.02 Å². The van der Waals surface area contributed by atoms with Gasteiger partial charge in [-0.2, -0.15) is 0 Å². The Morgan fingerprint density at radius 3 is 2.41 bits per heavy atom. The van der Waals surface area contributed by atoms with Gasteiger partial charge in [0.05, 0.1) is 5.69 Å². The van der Waals surface area contributed by atoms with Gasteiger partial charge >= 0.3 is 0 Å². The van der Waals surface area contributed by atoms with Crippen LogP contribution in [-0.2, 0) is 0 Å². The van der Waals surface area contributed by atoms with E-state index in [1.807, 2.05) is 47.4 Å². The van der Waals surface area contributed by atoms with E-state index in [1.54, 1.807) is 29.2 Å². The lowest BCUT2D eigenvalue weighted by molar-refractivity contribution is 0.0767. The van der Waals surface area contributed by atoms with E-state index in [1.165, 1.54) is 11.1 Å². The van der Waals surface area contributed by atoms with Gasteiger partial charge in [0.15, 0.2) is 5.69 Å². The number of nitrogens with zero attached hydrogens (tertiary/aromatic N) is 5. The molecule has 0 aliphatic carbocycles. The molecule has 2 aromatic carbocycles. The first-order chi connectivity index (χ1) is 15.7. The highest BCUT2D eigenvalue weighted by molar-refractivity contribution is 6.30. The van der Waals surface area contributed by atoms with Crippen LogP contribution in [0.1, 0.15) is 22.5 Å². The summed E-state index contributed by atoms with van der Waals surface area (Å²) in [7, 11) is 0. The highest BCUT2D eigenvalue weighted by Gasteiger charge is 2.27. The van der Waals surface area contributed by atoms with Crippen LogP contribution in [0.3, 0.4) is 0 Å². The summed E-state index contributed by atoms with van der Waals surface area (Å²) < 4.78 is 1.66. The summed E-state index contributed by atoms with van der Waals surface area (Å²) in [5, 5.41) is 9.21. The summed E-state index contributed by atoms with van der Waals surface area (Å²) in [5.74, 6) is -0.146. The average molecular weight is 442 g/mol. The Labute approximate surface area is 190 Å². The molecule has 0 spiro atoms. The predicted octanol–water partition coefficient (Wildman–Crippen LogP) is 4.91. The highest BCUT2D eigenvalue weighted by atomic mass is 35.5. The molecule has 0 fully saturated rings. The first-order valence-electron chi connectivity index (χ1n) is 10.4. The van der Waals surface area contributed by atoms with Gasteiger partial charge in [-0.3, -0.25) is 9.78 Å². The van der Waals surface area contributed by atoms with Crippen molar-refractivity contribution in [1.29, 1.82) is 0 Å². The molecule has 2 aromatic heterocycles. The number of benzene rings is 2. The Bertz CT molecular complexity index is 1270. The number of hydrogen-bond donors (Lipinski definition) is 0. The normalized spacial score (nSPS) is 13.7. The van der Waals surface area contributed by atoms with E-state index < -0.39 is 0 Å². The van der Waals surface area contributed by atoms with E-state index in [0.29, 0.717) is 29.5 Å². The molecule has 5 rings (SSSR count). The van der Waals surface area contributed by atoms with Gasteiger partial charge in [-0.1, -0.05) is 53.2 Å². The molecule has 0 radical (unpaired) electrons. The van der Waals surface area contributed by atoms with Crippen molar-refractivity contribution < 1.29 is 4.79 Å². The zero-order valence-corrected chi connectivity index (χ0v) is 18.0. The Kier molecular flexibility index (Phi) is 5.52. The second-order valence-corrected chi connectivity index (χ2v) is 7.95. The predicted molar refractivity (Wildman–Crippen MR) is 125 cm³/mol. The largest absolute Gasteiger partial charge is 0.333 e. The summed E-state index contributed by atoms with van der Waals surface area (Å²) >= 11 is 6.05. The minimum absolute atomic E-state index is 0.146. The van der Waals surface area contributed by atoms with Crippen molar-refractivity contribution in [3.63, 3.8) is 0 Å². The number of aromatic nitrogens is 4. The second-order valence-electron chi connectivity index (χ2n) is 7.51. The summed E-state index contributed by atoms with van der Waals surface area (Å²) in [6.07, 6.45) is 6.32. The molecular weight excluding hydrogens is 422 g/mol. The van der Waals surface area contributed by atoms with Crippen molar-refractivity contribution in [2.45, 2.75) is 6.42 Å². The van der Waals surface area contributed by atoms with Crippen molar-refractivity contribution in [2.75, 3.05) is 13.1 Å². The van der Waals surface area contributed by atoms with E-state index in [0.717, 1.165) is 17.7 Å². The molecule has 1 amide bonds. The lowest BCUT2D eigenvalue weighted by Gasteiger charge is -2.26. The number of hydrogen-bond acceptors (Lipinski definition) is 4. The SMILES string of the molecule is O=C(c1nnn(-c2ccc(Cl)cc2)c1-c1cccnc1)N1CC=C(c2ccccc2)CC1. The monoisotopic (exact) mass is 441 g/mol. The maximum Gasteiger partial charge on any atom is 0.277 e. The Hall–Kier alpha value is -3.77. The topological polar surface area (TPSA) is 63.9 Å². The number of carbonyl (C=O) groups is 1. The van der Waals surface area contributed by atoms with Crippen molar-refractivity contribution in [1.82, 2.24) is 24.9 Å². The summed E-state index contributed by atoms with van der Waals surface area (Å²) in [6.45, 7) is 1.16. The molecular formula is C25H20ClN5O. The van der Waals surface area contributed by atoms with Gasteiger partial charge in [-0.05, 0) is 54.0 Å². The molecule has 0 saturated carbocycles. The van der Waals surface area contributed by atoms with Crippen LogP contribution in [0, 0.1) is 0 Å². The summed E-state index contributed by atoms with van der Waals surface area (Å²) in [5.41, 5.74) is 4.92. The molecule has 1 aliphatic heterocycles. The van der Waals surface area contributed by atoms with E-state index in [2.05, 4.69) is 33.5 Å². The minimum Gasteiger partial charge on any atom is -0.333 e. The standard InChI is InChI=1S/C25H20ClN5O/c26-21-8-10-22(11-9-21)31-24(20-7-4-14-27-17-20)23(28-29-31)25(32)30-15-12-19(13-16-30)18-5-2-1-3-6-18/h1-12,14,17H,13,15-16H2. The number of amides is 1. The molecule has 32 heavy (non-hydrogen) atoms. The van der Waals surface area contributed by atoms with Gasteiger partial charge in [0.2, 0.25) is 0 Å². The Balaban J connectivity index is 1.49. The molecule has 4 aromatic rings. The molecule has 6 nitrogen and oxygen atoms in total. The molecule has 7 heteroatoms. The lowest BCUT2D eigenvalue weighted by atomic mass is 9.99. The molecule has 158 valence electrons. The summed E-state index contributed by atoms with van der Waals surface area (Å²) in [4.78, 5) is 19.5. The third-order valence-corrected chi connectivity index (χ3v) is 5.77. The first-order valence-corrected chi connectivity index (χ1v) is 10.7. The van der Waals surface area contributed by atoms with Gasteiger partial charge in [-0.25, -0.2) is 4.68 Å². The van der Waals surface area contributed by atoms with Crippen molar-refractivity contribution in [2.24, 2.45) is 0 Å². The van der Waals surface area contributed by atoms with Gasteiger partial charge in [-0.15, -0.1) is 5.10 Å². The van der Waals surface area contributed by atoms with Crippen LogP contribution in [0.15, 0.2) is 85.2 Å².